The minimum absolute atomic E-state index is 0.597. The Hall–Kier alpha value is -0.870. The van der Waals surface area contributed by atoms with Crippen LogP contribution in [-0.2, 0) is 13.6 Å². The van der Waals surface area contributed by atoms with Crippen LogP contribution in [-0.4, -0.2) is 39.6 Å². The van der Waals surface area contributed by atoms with Gasteiger partial charge in [-0.05, 0) is 13.3 Å². The number of hydrogen-bond acceptors (Lipinski definition) is 3. The Labute approximate surface area is 104 Å². The zero-order valence-electron chi connectivity index (χ0n) is 11.2. The molecule has 2 atom stereocenters. The molecule has 0 aromatic carbocycles. The van der Waals surface area contributed by atoms with Gasteiger partial charge in [0.1, 0.15) is 5.82 Å². The van der Waals surface area contributed by atoms with Crippen molar-refractivity contribution in [2.24, 2.45) is 7.05 Å². The molecule has 1 aliphatic heterocycles. The van der Waals surface area contributed by atoms with Gasteiger partial charge in [-0.15, -0.1) is 0 Å². The molecule has 2 rings (SSSR count). The first-order valence-electron chi connectivity index (χ1n) is 6.64. The molecule has 1 aliphatic rings. The third-order valence-electron chi connectivity index (χ3n) is 3.68. The van der Waals surface area contributed by atoms with Crippen LogP contribution in [0.1, 0.15) is 32.5 Å². The van der Waals surface area contributed by atoms with Crippen LogP contribution in [0.15, 0.2) is 12.4 Å². The molecule has 1 N–H and O–H groups in total. The minimum atomic E-state index is 0.597. The van der Waals surface area contributed by atoms with Gasteiger partial charge in [0.2, 0.25) is 0 Å². The molecule has 0 amide bonds. The van der Waals surface area contributed by atoms with E-state index in [-0.39, 0.29) is 0 Å². The van der Waals surface area contributed by atoms with E-state index < -0.39 is 0 Å². The van der Waals surface area contributed by atoms with E-state index in [0.717, 1.165) is 25.5 Å². The lowest BCUT2D eigenvalue weighted by Gasteiger charge is -2.38. The van der Waals surface area contributed by atoms with Gasteiger partial charge in [-0.3, -0.25) is 4.90 Å². The summed E-state index contributed by atoms with van der Waals surface area (Å²) in [7, 11) is 2.07. The lowest BCUT2D eigenvalue weighted by Crippen LogP contribution is -2.55. The van der Waals surface area contributed by atoms with Gasteiger partial charge in [0.25, 0.3) is 0 Å². The van der Waals surface area contributed by atoms with Crippen molar-refractivity contribution in [1.82, 2.24) is 19.8 Å². The maximum Gasteiger partial charge on any atom is 0.122 e. The highest BCUT2D eigenvalue weighted by Gasteiger charge is 2.24. The summed E-state index contributed by atoms with van der Waals surface area (Å²) in [4.78, 5) is 6.96. The van der Waals surface area contributed by atoms with Gasteiger partial charge in [-0.25, -0.2) is 4.98 Å². The summed E-state index contributed by atoms with van der Waals surface area (Å²) in [6.45, 7) is 7.74. The van der Waals surface area contributed by atoms with E-state index in [2.05, 4.69) is 40.7 Å². The van der Waals surface area contributed by atoms with Crippen LogP contribution in [0.4, 0.5) is 0 Å². The zero-order chi connectivity index (χ0) is 12.3. The summed E-state index contributed by atoms with van der Waals surface area (Å²) in [6, 6.07) is 1.25. The third-order valence-corrected chi connectivity index (χ3v) is 3.68. The Balaban J connectivity index is 1.96. The fraction of sp³-hybridized carbons (Fsp3) is 0.769. The van der Waals surface area contributed by atoms with Gasteiger partial charge in [-0.1, -0.05) is 13.3 Å². The third kappa shape index (κ3) is 3.07. The predicted molar refractivity (Wildman–Crippen MR) is 69.8 cm³/mol. The van der Waals surface area contributed by atoms with Gasteiger partial charge >= 0.3 is 0 Å². The van der Waals surface area contributed by atoms with E-state index in [9.17, 15) is 0 Å². The van der Waals surface area contributed by atoms with Crippen molar-refractivity contribution in [3.05, 3.63) is 18.2 Å². The van der Waals surface area contributed by atoms with Crippen LogP contribution in [0, 0.1) is 0 Å². The summed E-state index contributed by atoms with van der Waals surface area (Å²) in [6.07, 6.45) is 6.42. The number of nitrogens with one attached hydrogen (secondary N) is 1. The molecule has 2 unspecified atom stereocenters. The molecule has 2 heterocycles. The van der Waals surface area contributed by atoms with Crippen LogP contribution in [0.5, 0.6) is 0 Å². The smallest absolute Gasteiger partial charge is 0.122 e. The van der Waals surface area contributed by atoms with Gasteiger partial charge < -0.3 is 9.88 Å². The molecule has 0 spiro atoms. The minimum Gasteiger partial charge on any atom is -0.337 e. The number of piperazine rings is 1. The molecule has 4 nitrogen and oxygen atoms in total. The Morgan fingerprint density at radius 2 is 2.35 bits per heavy atom. The first-order chi connectivity index (χ1) is 8.20. The molecule has 1 aromatic rings. The molecule has 17 heavy (non-hydrogen) atoms. The van der Waals surface area contributed by atoms with E-state index in [0.29, 0.717) is 12.1 Å². The van der Waals surface area contributed by atoms with Gasteiger partial charge in [-0.2, -0.15) is 0 Å². The summed E-state index contributed by atoms with van der Waals surface area (Å²) in [5.41, 5.74) is 0. The van der Waals surface area contributed by atoms with Gasteiger partial charge in [0, 0.05) is 44.6 Å². The molecule has 0 radical (unpaired) electrons. The number of aromatic nitrogens is 2. The number of hydrogen-bond donors (Lipinski definition) is 1. The Kier molecular flexibility index (Phi) is 4.18. The molecule has 1 fully saturated rings. The van der Waals surface area contributed by atoms with Crippen LogP contribution in [0.25, 0.3) is 0 Å². The Morgan fingerprint density at radius 3 is 3.00 bits per heavy atom. The van der Waals surface area contributed by atoms with Crippen molar-refractivity contribution in [3.8, 4) is 0 Å². The maximum absolute atomic E-state index is 4.42. The van der Waals surface area contributed by atoms with Crippen molar-refractivity contribution >= 4 is 0 Å². The van der Waals surface area contributed by atoms with Crippen LogP contribution in [0.3, 0.4) is 0 Å². The zero-order valence-corrected chi connectivity index (χ0v) is 11.2. The fourth-order valence-electron chi connectivity index (χ4n) is 2.49. The van der Waals surface area contributed by atoms with Crippen molar-refractivity contribution in [2.45, 2.75) is 45.3 Å². The highest BCUT2D eigenvalue weighted by molar-refractivity contribution is 4.94. The molecule has 1 saturated heterocycles. The molecule has 1 aromatic heterocycles. The van der Waals surface area contributed by atoms with Crippen molar-refractivity contribution in [2.75, 3.05) is 13.1 Å². The van der Waals surface area contributed by atoms with Gasteiger partial charge in [0.15, 0.2) is 0 Å². The predicted octanol–water partition coefficient (Wildman–Crippen LogP) is 1.38. The number of rotatable bonds is 4. The second kappa shape index (κ2) is 5.65. The average molecular weight is 236 g/mol. The molecule has 96 valence electrons. The maximum atomic E-state index is 4.42. The largest absolute Gasteiger partial charge is 0.337 e. The molecular formula is C13H24N4. The lowest BCUT2D eigenvalue weighted by molar-refractivity contribution is 0.125. The summed E-state index contributed by atoms with van der Waals surface area (Å²) >= 11 is 0. The SMILES string of the molecule is CCCC1CN(Cc2nccn2C)C(C)CN1. The second-order valence-electron chi connectivity index (χ2n) is 5.13. The quantitative estimate of drug-likeness (QED) is 0.857. The second-order valence-corrected chi connectivity index (χ2v) is 5.13. The van der Waals surface area contributed by atoms with E-state index in [4.69, 9.17) is 0 Å². The van der Waals surface area contributed by atoms with E-state index in [1.54, 1.807) is 0 Å². The first kappa shape index (κ1) is 12.6. The number of imidazole rings is 1. The molecule has 4 heteroatoms. The average Bonchev–Trinajstić information content (AvgIpc) is 2.70. The topological polar surface area (TPSA) is 33.1 Å². The molecule has 0 saturated carbocycles. The molecular weight excluding hydrogens is 212 g/mol. The van der Waals surface area contributed by atoms with E-state index >= 15 is 0 Å². The highest BCUT2D eigenvalue weighted by Crippen LogP contribution is 2.13. The van der Waals surface area contributed by atoms with Gasteiger partial charge in [0.05, 0.1) is 6.54 Å². The fourth-order valence-corrected chi connectivity index (χ4v) is 2.49. The lowest BCUT2D eigenvalue weighted by atomic mass is 10.1. The standard InChI is InChI=1S/C13H24N4/c1-4-5-12-9-17(11(2)8-15-12)10-13-14-6-7-16(13)3/h6-7,11-12,15H,4-5,8-10H2,1-3H3. The Bertz CT molecular complexity index is 347. The molecule has 0 aliphatic carbocycles. The summed E-state index contributed by atoms with van der Waals surface area (Å²) in [5, 5.41) is 3.63. The summed E-state index contributed by atoms with van der Waals surface area (Å²) in [5.74, 6) is 1.16. The van der Waals surface area contributed by atoms with Crippen molar-refractivity contribution in [3.63, 3.8) is 0 Å². The Morgan fingerprint density at radius 1 is 1.53 bits per heavy atom. The van der Waals surface area contributed by atoms with Crippen LogP contribution < -0.4 is 5.32 Å². The van der Waals surface area contributed by atoms with E-state index in [1.807, 2.05) is 12.4 Å². The van der Waals surface area contributed by atoms with Crippen LogP contribution in [0.2, 0.25) is 0 Å². The van der Waals surface area contributed by atoms with Crippen molar-refractivity contribution < 1.29 is 0 Å². The molecule has 0 bridgehead atoms. The van der Waals surface area contributed by atoms with Crippen LogP contribution >= 0.6 is 0 Å². The number of aryl methyl sites for hydroxylation is 1. The monoisotopic (exact) mass is 236 g/mol. The van der Waals surface area contributed by atoms with Crippen molar-refractivity contribution in [1.29, 1.82) is 0 Å². The van der Waals surface area contributed by atoms with E-state index in [1.165, 1.54) is 12.8 Å². The normalized spacial score (nSPS) is 26.3. The summed E-state index contributed by atoms with van der Waals surface area (Å²) < 4.78 is 2.11. The first-order valence-corrected chi connectivity index (χ1v) is 6.64. The number of nitrogens with zero attached hydrogens (tertiary/aromatic N) is 3. The highest BCUT2D eigenvalue weighted by atomic mass is 15.2.